The van der Waals surface area contributed by atoms with Crippen LogP contribution in [-0.2, 0) is 5.41 Å². The fourth-order valence-electron chi connectivity index (χ4n) is 2.59. The van der Waals surface area contributed by atoms with E-state index in [4.69, 9.17) is 0 Å². The first kappa shape index (κ1) is 13.4. The number of rotatable bonds is 3. The predicted molar refractivity (Wildman–Crippen MR) is 78.1 cm³/mol. The first-order chi connectivity index (χ1) is 8.36. The number of anilines is 1. The number of hydrogen-bond acceptors (Lipinski definition) is 2. The van der Waals surface area contributed by atoms with E-state index in [0.717, 1.165) is 17.7 Å². The van der Waals surface area contributed by atoms with Crippen LogP contribution in [0.25, 0.3) is 0 Å². The maximum Gasteiger partial charge on any atom is 0.128 e. The molecule has 2 heterocycles. The molecule has 2 rings (SSSR count). The SMILES string of the molecule is CC(C)CC1CN(c2ccc(C(C)(C)C)cn2)C1. The molecule has 0 atom stereocenters. The zero-order valence-corrected chi connectivity index (χ0v) is 12.4. The van der Waals surface area contributed by atoms with Crippen LogP contribution in [0.4, 0.5) is 5.82 Å². The lowest BCUT2D eigenvalue weighted by molar-refractivity contribution is 0.336. The summed E-state index contributed by atoms with van der Waals surface area (Å²) in [5.41, 5.74) is 1.51. The summed E-state index contributed by atoms with van der Waals surface area (Å²) in [5, 5.41) is 0. The highest BCUT2D eigenvalue weighted by molar-refractivity contribution is 5.43. The van der Waals surface area contributed by atoms with Crippen LogP contribution in [0.3, 0.4) is 0 Å². The van der Waals surface area contributed by atoms with E-state index in [1.807, 2.05) is 6.20 Å². The fourth-order valence-corrected chi connectivity index (χ4v) is 2.59. The minimum absolute atomic E-state index is 0.195. The average Bonchev–Trinajstić information content (AvgIpc) is 2.21. The second-order valence-corrected chi connectivity index (χ2v) is 7.06. The molecule has 1 fully saturated rings. The first-order valence-electron chi connectivity index (χ1n) is 7.07. The van der Waals surface area contributed by atoms with Gasteiger partial charge in [-0.25, -0.2) is 4.98 Å². The summed E-state index contributed by atoms with van der Waals surface area (Å²) < 4.78 is 0. The molecule has 0 spiro atoms. The molecule has 2 heteroatoms. The van der Waals surface area contributed by atoms with Gasteiger partial charge in [-0.1, -0.05) is 40.7 Å². The molecule has 0 unspecified atom stereocenters. The van der Waals surface area contributed by atoms with Gasteiger partial charge in [-0.15, -0.1) is 0 Å². The standard InChI is InChI=1S/C16H26N2/c1-12(2)8-13-10-18(11-13)15-7-6-14(9-17-15)16(3,4)5/h6-7,9,12-13H,8,10-11H2,1-5H3. The third-order valence-corrected chi connectivity index (χ3v) is 3.70. The summed E-state index contributed by atoms with van der Waals surface area (Å²) in [6, 6.07) is 4.39. The third-order valence-electron chi connectivity index (χ3n) is 3.70. The van der Waals surface area contributed by atoms with E-state index in [1.165, 1.54) is 25.1 Å². The van der Waals surface area contributed by atoms with Crippen LogP contribution in [-0.4, -0.2) is 18.1 Å². The van der Waals surface area contributed by atoms with Crippen LogP contribution in [0.15, 0.2) is 18.3 Å². The van der Waals surface area contributed by atoms with E-state index in [9.17, 15) is 0 Å². The molecule has 0 amide bonds. The maximum atomic E-state index is 4.61. The van der Waals surface area contributed by atoms with Crippen LogP contribution in [0, 0.1) is 11.8 Å². The highest BCUT2D eigenvalue weighted by atomic mass is 15.2. The highest BCUT2D eigenvalue weighted by Crippen LogP contribution is 2.29. The van der Waals surface area contributed by atoms with E-state index >= 15 is 0 Å². The van der Waals surface area contributed by atoms with Crippen molar-refractivity contribution in [2.24, 2.45) is 11.8 Å². The molecular formula is C16H26N2. The Hall–Kier alpha value is -1.05. The normalized spacial score (nSPS) is 17.1. The quantitative estimate of drug-likeness (QED) is 0.805. The minimum Gasteiger partial charge on any atom is -0.356 e. The Labute approximate surface area is 111 Å². The number of aromatic nitrogens is 1. The lowest BCUT2D eigenvalue weighted by Crippen LogP contribution is -2.47. The number of nitrogens with zero attached hydrogens (tertiary/aromatic N) is 2. The molecule has 0 bridgehead atoms. The van der Waals surface area contributed by atoms with Crippen LogP contribution in [0.2, 0.25) is 0 Å². The van der Waals surface area contributed by atoms with Crippen molar-refractivity contribution in [1.82, 2.24) is 4.98 Å². The van der Waals surface area contributed by atoms with Crippen LogP contribution in [0.1, 0.15) is 46.6 Å². The number of hydrogen-bond donors (Lipinski definition) is 0. The van der Waals surface area contributed by atoms with Gasteiger partial charge in [0, 0.05) is 19.3 Å². The molecule has 0 radical (unpaired) electrons. The fraction of sp³-hybridized carbons (Fsp3) is 0.688. The van der Waals surface area contributed by atoms with Gasteiger partial charge in [-0.05, 0) is 35.3 Å². The Kier molecular flexibility index (Phi) is 3.65. The number of pyridine rings is 1. The monoisotopic (exact) mass is 246 g/mol. The molecule has 0 N–H and O–H groups in total. The summed E-state index contributed by atoms with van der Waals surface area (Å²) in [7, 11) is 0. The largest absolute Gasteiger partial charge is 0.356 e. The van der Waals surface area contributed by atoms with Gasteiger partial charge in [0.1, 0.15) is 5.82 Å². The molecule has 1 aliphatic heterocycles. The molecule has 0 aliphatic carbocycles. The molecular weight excluding hydrogens is 220 g/mol. The minimum atomic E-state index is 0.195. The van der Waals surface area contributed by atoms with E-state index in [1.54, 1.807) is 0 Å². The van der Waals surface area contributed by atoms with E-state index in [2.05, 4.69) is 56.6 Å². The van der Waals surface area contributed by atoms with Crippen LogP contribution in [0.5, 0.6) is 0 Å². The lowest BCUT2D eigenvalue weighted by Gasteiger charge is -2.41. The predicted octanol–water partition coefficient (Wildman–Crippen LogP) is 3.86. The zero-order chi connectivity index (χ0) is 13.3. The molecule has 100 valence electrons. The Balaban J connectivity index is 1.93. The van der Waals surface area contributed by atoms with Crippen molar-refractivity contribution in [1.29, 1.82) is 0 Å². The highest BCUT2D eigenvalue weighted by Gasteiger charge is 2.28. The second kappa shape index (κ2) is 4.91. The Morgan fingerprint density at radius 3 is 2.39 bits per heavy atom. The smallest absolute Gasteiger partial charge is 0.128 e. The van der Waals surface area contributed by atoms with Gasteiger partial charge in [0.2, 0.25) is 0 Å². The van der Waals surface area contributed by atoms with Gasteiger partial charge in [0.05, 0.1) is 0 Å². The summed E-state index contributed by atoms with van der Waals surface area (Å²) in [6.07, 6.45) is 3.38. The second-order valence-electron chi connectivity index (χ2n) is 7.06. The van der Waals surface area contributed by atoms with Crippen molar-refractivity contribution >= 4 is 5.82 Å². The van der Waals surface area contributed by atoms with Crippen molar-refractivity contribution in [3.63, 3.8) is 0 Å². The van der Waals surface area contributed by atoms with E-state index in [0.29, 0.717) is 0 Å². The van der Waals surface area contributed by atoms with Gasteiger partial charge in [0.15, 0.2) is 0 Å². The lowest BCUT2D eigenvalue weighted by atomic mass is 9.88. The van der Waals surface area contributed by atoms with Crippen molar-refractivity contribution in [3.8, 4) is 0 Å². The first-order valence-corrected chi connectivity index (χ1v) is 7.07. The van der Waals surface area contributed by atoms with Crippen LogP contribution < -0.4 is 4.90 Å². The van der Waals surface area contributed by atoms with Gasteiger partial charge in [-0.3, -0.25) is 0 Å². The third kappa shape index (κ3) is 3.04. The molecule has 1 aromatic heterocycles. The maximum absolute atomic E-state index is 4.61. The molecule has 18 heavy (non-hydrogen) atoms. The summed E-state index contributed by atoms with van der Waals surface area (Å²) in [4.78, 5) is 7.00. The van der Waals surface area contributed by atoms with Gasteiger partial charge in [-0.2, -0.15) is 0 Å². The van der Waals surface area contributed by atoms with Crippen molar-refractivity contribution in [3.05, 3.63) is 23.9 Å². The molecule has 2 nitrogen and oxygen atoms in total. The Morgan fingerprint density at radius 1 is 1.28 bits per heavy atom. The summed E-state index contributed by atoms with van der Waals surface area (Å²) in [5.74, 6) is 2.82. The average molecular weight is 246 g/mol. The van der Waals surface area contributed by atoms with Crippen molar-refractivity contribution in [2.45, 2.75) is 46.5 Å². The van der Waals surface area contributed by atoms with E-state index in [-0.39, 0.29) is 5.41 Å². The van der Waals surface area contributed by atoms with Gasteiger partial charge >= 0.3 is 0 Å². The summed E-state index contributed by atoms with van der Waals surface area (Å²) >= 11 is 0. The van der Waals surface area contributed by atoms with Gasteiger partial charge in [0.25, 0.3) is 0 Å². The van der Waals surface area contributed by atoms with Crippen LogP contribution >= 0.6 is 0 Å². The Morgan fingerprint density at radius 2 is 1.94 bits per heavy atom. The molecule has 1 aromatic rings. The van der Waals surface area contributed by atoms with Gasteiger partial charge < -0.3 is 4.90 Å². The summed E-state index contributed by atoms with van der Waals surface area (Å²) in [6.45, 7) is 13.7. The van der Waals surface area contributed by atoms with Crippen molar-refractivity contribution in [2.75, 3.05) is 18.0 Å². The zero-order valence-electron chi connectivity index (χ0n) is 12.4. The molecule has 1 aliphatic rings. The van der Waals surface area contributed by atoms with E-state index < -0.39 is 0 Å². The molecule has 0 aromatic carbocycles. The molecule has 1 saturated heterocycles. The van der Waals surface area contributed by atoms with Crippen molar-refractivity contribution < 1.29 is 0 Å². The Bertz CT molecular complexity index is 381. The topological polar surface area (TPSA) is 16.1 Å². The molecule has 0 saturated carbocycles.